The van der Waals surface area contributed by atoms with Crippen molar-refractivity contribution in [1.82, 2.24) is 14.8 Å². The lowest BCUT2D eigenvalue weighted by Gasteiger charge is -2.09. The van der Waals surface area contributed by atoms with Crippen LogP contribution in [0.5, 0.6) is 5.75 Å². The van der Waals surface area contributed by atoms with E-state index >= 15 is 0 Å². The molecule has 0 fully saturated rings. The molecule has 2 heterocycles. The number of benzene rings is 2. The third-order valence-corrected chi connectivity index (χ3v) is 4.34. The van der Waals surface area contributed by atoms with E-state index in [2.05, 4.69) is 15.6 Å². The van der Waals surface area contributed by atoms with Gasteiger partial charge in [-0.1, -0.05) is 23.4 Å². The molecule has 0 aliphatic rings. The average Bonchev–Trinajstić information content (AvgIpc) is 3.24. The fourth-order valence-corrected chi connectivity index (χ4v) is 2.81. The summed E-state index contributed by atoms with van der Waals surface area (Å²) in [5.74, 6) is 1.08. The summed E-state index contributed by atoms with van der Waals surface area (Å²) in [5, 5.41) is 3.91. The van der Waals surface area contributed by atoms with Gasteiger partial charge in [-0.05, 0) is 44.2 Å². The molecule has 0 aliphatic carbocycles. The van der Waals surface area contributed by atoms with Crippen LogP contribution in [0.25, 0.3) is 11.0 Å². The first-order valence-electron chi connectivity index (χ1n) is 8.50. The van der Waals surface area contributed by atoms with Crippen molar-refractivity contribution in [3.8, 4) is 5.75 Å². The van der Waals surface area contributed by atoms with E-state index in [-0.39, 0.29) is 5.91 Å². The van der Waals surface area contributed by atoms with Crippen LogP contribution in [0.4, 0.5) is 0 Å². The van der Waals surface area contributed by atoms with Gasteiger partial charge in [-0.3, -0.25) is 10.2 Å². The maximum atomic E-state index is 12.6. The van der Waals surface area contributed by atoms with Crippen molar-refractivity contribution in [1.29, 1.82) is 0 Å². The van der Waals surface area contributed by atoms with Gasteiger partial charge < -0.3 is 9.26 Å². The van der Waals surface area contributed by atoms with E-state index in [1.54, 1.807) is 29.2 Å². The van der Waals surface area contributed by atoms with Gasteiger partial charge in [0.2, 0.25) is 0 Å². The number of nitrogens with zero attached hydrogens (tertiary/aromatic N) is 3. The normalized spacial score (nSPS) is 10.9. The Morgan fingerprint density at radius 3 is 2.85 bits per heavy atom. The lowest BCUT2D eigenvalue weighted by Crippen LogP contribution is -2.22. The Bertz CT molecular complexity index is 1090. The molecule has 0 radical (unpaired) electrons. The van der Waals surface area contributed by atoms with Crippen LogP contribution >= 0.6 is 0 Å². The summed E-state index contributed by atoms with van der Waals surface area (Å²) in [6.07, 6.45) is 1.58. The molecule has 0 aliphatic heterocycles. The van der Waals surface area contributed by atoms with Crippen LogP contribution in [-0.2, 0) is 6.61 Å². The largest absolute Gasteiger partial charge is 0.489 e. The molecule has 1 amide bonds. The molecule has 4 rings (SSSR count). The third-order valence-electron chi connectivity index (χ3n) is 4.34. The molecule has 27 heavy (non-hydrogen) atoms. The van der Waals surface area contributed by atoms with Crippen molar-refractivity contribution >= 4 is 16.9 Å². The number of amides is 1. The average molecular weight is 362 g/mol. The summed E-state index contributed by atoms with van der Waals surface area (Å²) in [5.41, 5.74) is 6.68. The van der Waals surface area contributed by atoms with Crippen LogP contribution in [0.2, 0.25) is 0 Å². The Kier molecular flexibility index (Phi) is 4.33. The second-order valence-corrected chi connectivity index (χ2v) is 6.16. The molecule has 0 unspecified atom stereocenters. The zero-order valence-corrected chi connectivity index (χ0v) is 15.0. The first-order chi connectivity index (χ1) is 13.1. The zero-order chi connectivity index (χ0) is 18.8. The summed E-state index contributed by atoms with van der Waals surface area (Å²) in [7, 11) is 0. The Balaban J connectivity index is 1.49. The summed E-state index contributed by atoms with van der Waals surface area (Å²) < 4.78 is 12.6. The number of hydrogen-bond donors (Lipinski definition) is 1. The van der Waals surface area contributed by atoms with Crippen molar-refractivity contribution in [2.45, 2.75) is 20.5 Å². The maximum Gasteiger partial charge on any atom is 0.270 e. The van der Waals surface area contributed by atoms with Gasteiger partial charge in [-0.25, -0.2) is 9.66 Å². The summed E-state index contributed by atoms with van der Waals surface area (Å²) in [6, 6.07) is 14.6. The van der Waals surface area contributed by atoms with Crippen LogP contribution in [0, 0.1) is 13.8 Å². The highest BCUT2D eigenvalue weighted by Gasteiger charge is 2.12. The van der Waals surface area contributed by atoms with Gasteiger partial charge in [0.15, 0.2) is 0 Å². The zero-order valence-electron chi connectivity index (χ0n) is 15.0. The number of aromatic nitrogens is 3. The van der Waals surface area contributed by atoms with Crippen LogP contribution < -0.4 is 10.2 Å². The van der Waals surface area contributed by atoms with E-state index in [4.69, 9.17) is 9.26 Å². The predicted octanol–water partition coefficient (Wildman–Crippen LogP) is 3.60. The Morgan fingerprint density at radius 1 is 1.19 bits per heavy atom. The number of rotatable bonds is 5. The topological polar surface area (TPSA) is 82.2 Å². The third kappa shape index (κ3) is 3.39. The molecule has 1 N–H and O–H groups in total. The molecule has 0 saturated heterocycles. The molecular weight excluding hydrogens is 344 g/mol. The van der Waals surface area contributed by atoms with Gasteiger partial charge in [0.1, 0.15) is 24.4 Å². The standard InChI is InChI=1S/C20H18N4O3/c1-13-17(14(2)27-23-13)11-26-16-7-5-6-15(10-16)20(25)22-24-12-21-18-8-3-4-9-19(18)24/h3-10,12H,11H2,1-2H3,(H,22,25). The number of ether oxygens (including phenoxy) is 1. The Morgan fingerprint density at radius 2 is 2.04 bits per heavy atom. The second-order valence-electron chi connectivity index (χ2n) is 6.16. The number of hydrogen-bond acceptors (Lipinski definition) is 5. The first kappa shape index (κ1) is 16.8. The number of nitrogens with one attached hydrogen (secondary N) is 1. The van der Waals surface area contributed by atoms with Crippen LogP contribution in [0.15, 0.2) is 59.4 Å². The maximum absolute atomic E-state index is 12.6. The second kappa shape index (κ2) is 6.95. The minimum Gasteiger partial charge on any atom is -0.489 e. The van der Waals surface area contributed by atoms with Gasteiger partial charge in [0.05, 0.1) is 22.3 Å². The molecule has 0 bridgehead atoms. The van der Waals surface area contributed by atoms with Gasteiger partial charge >= 0.3 is 0 Å². The molecule has 2 aromatic carbocycles. The molecule has 0 spiro atoms. The quantitative estimate of drug-likeness (QED) is 0.586. The summed E-state index contributed by atoms with van der Waals surface area (Å²) in [6.45, 7) is 4.05. The smallest absolute Gasteiger partial charge is 0.270 e. The molecule has 7 nitrogen and oxygen atoms in total. The predicted molar refractivity (Wildman–Crippen MR) is 100 cm³/mol. The van der Waals surface area contributed by atoms with Gasteiger partial charge in [0, 0.05) is 5.56 Å². The monoisotopic (exact) mass is 362 g/mol. The highest BCUT2D eigenvalue weighted by Crippen LogP contribution is 2.19. The molecule has 0 atom stereocenters. The lowest BCUT2D eigenvalue weighted by atomic mass is 10.2. The number of carbonyl (C=O) groups is 1. The molecule has 4 aromatic rings. The van der Waals surface area contributed by atoms with E-state index in [9.17, 15) is 4.79 Å². The van der Waals surface area contributed by atoms with Crippen molar-refractivity contribution < 1.29 is 14.1 Å². The number of para-hydroxylation sites is 2. The van der Waals surface area contributed by atoms with Crippen molar-refractivity contribution in [3.63, 3.8) is 0 Å². The van der Waals surface area contributed by atoms with E-state index in [1.807, 2.05) is 44.2 Å². The highest BCUT2D eigenvalue weighted by atomic mass is 16.5. The van der Waals surface area contributed by atoms with Crippen molar-refractivity contribution in [2.75, 3.05) is 5.43 Å². The van der Waals surface area contributed by atoms with E-state index < -0.39 is 0 Å². The van der Waals surface area contributed by atoms with E-state index in [0.717, 1.165) is 28.1 Å². The minimum atomic E-state index is -0.249. The van der Waals surface area contributed by atoms with Gasteiger partial charge in [-0.15, -0.1) is 0 Å². The fourth-order valence-electron chi connectivity index (χ4n) is 2.81. The SMILES string of the molecule is Cc1noc(C)c1COc1cccc(C(=O)Nn2cnc3ccccc32)c1. The molecule has 7 heteroatoms. The van der Waals surface area contributed by atoms with Crippen LogP contribution in [0.3, 0.4) is 0 Å². The van der Waals surface area contributed by atoms with Crippen LogP contribution in [0.1, 0.15) is 27.4 Å². The summed E-state index contributed by atoms with van der Waals surface area (Å²) in [4.78, 5) is 16.9. The first-order valence-corrected chi connectivity index (χ1v) is 8.50. The van der Waals surface area contributed by atoms with E-state index in [0.29, 0.717) is 17.9 Å². The molecule has 136 valence electrons. The number of fused-ring (bicyclic) bond motifs is 1. The Labute approximate surface area is 155 Å². The van der Waals surface area contributed by atoms with Crippen molar-refractivity contribution in [3.05, 3.63) is 77.4 Å². The van der Waals surface area contributed by atoms with Crippen LogP contribution in [-0.4, -0.2) is 20.7 Å². The molecule has 0 saturated carbocycles. The lowest BCUT2D eigenvalue weighted by molar-refractivity contribution is 0.101. The number of aryl methyl sites for hydroxylation is 2. The fraction of sp³-hybridized carbons (Fsp3) is 0.150. The highest BCUT2D eigenvalue weighted by molar-refractivity contribution is 6.01. The van der Waals surface area contributed by atoms with E-state index in [1.165, 1.54) is 0 Å². The molecular formula is C20H18N4O3. The van der Waals surface area contributed by atoms with Crippen molar-refractivity contribution in [2.24, 2.45) is 0 Å². The Hall–Kier alpha value is -3.61. The number of imidazole rings is 1. The minimum absolute atomic E-state index is 0.249. The van der Waals surface area contributed by atoms with Gasteiger partial charge in [0.25, 0.3) is 5.91 Å². The molecule has 2 aromatic heterocycles. The van der Waals surface area contributed by atoms with Gasteiger partial charge in [-0.2, -0.15) is 0 Å². The number of carbonyl (C=O) groups excluding carboxylic acids is 1. The summed E-state index contributed by atoms with van der Waals surface area (Å²) >= 11 is 0.